The van der Waals surface area contributed by atoms with Gasteiger partial charge in [-0.3, -0.25) is 14.4 Å². The van der Waals surface area contributed by atoms with Gasteiger partial charge < -0.3 is 23.7 Å². The number of carbonyl (C=O) groups excluding carboxylic acids is 3. The van der Waals surface area contributed by atoms with Crippen LogP contribution in [0.15, 0.2) is 24.3 Å². The van der Waals surface area contributed by atoms with Crippen molar-refractivity contribution in [2.24, 2.45) is 0 Å². The highest BCUT2D eigenvalue weighted by Crippen LogP contribution is 2.27. The van der Waals surface area contributed by atoms with Crippen molar-refractivity contribution in [3.63, 3.8) is 0 Å². The fourth-order valence-electron chi connectivity index (χ4n) is 2.56. The Hall–Kier alpha value is -2.61. The molecule has 26 heavy (non-hydrogen) atoms. The smallest absolute Gasteiger partial charge is 0.303 e. The van der Waals surface area contributed by atoms with E-state index in [0.717, 1.165) is 5.56 Å². The van der Waals surface area contributed by atoms with Gasteiger partial charge in [0.15, 0.2) is 12.2 Å². The van der Waals surface area contributed by atoms with Crippen LogP contribution in [0.3, 0.4) is 0 Å². The average molecular weight is 366 g/mol. The quantitative estimate of drug-likeness (QED) is 0.572. The zero-order chi connectivity index (χ0) is 19.3. The minimum Gasteiger partial charge on any atom is -0.461 e. The van der Waals surface area contributed by atoms with E-state index in [0.29, 0.717) is 5.75 Å². The summed E-state index contributed by atoms with van der Waals surface area (Å²) in [5.74, 6) is -1.31. The van der Waals surface area contributed by atoms with E-state index in [4.69, 9.17) is 23.7 Å². The highest BCUT2D eigenvalue weighted by molar-refractivity contribution is 5.68. The van der Waals surface area contributed by atoms with Gasteiger partial charge in [0.25, 0.3) is 0 Å². The van der Waals surface area contributed by atoms with E-state index in [1.54, 1.807) is 12.1 Å². The zero-order valence-electron chi connectivity index (χ0n) is 15.1. The minimum absolute atomic E-state index is 0.0776. The fourth-order valence-corrected chi connectivity index (χ4v) is 2.56. The molecule has 1 aromatic rings. The van der Waals surface area contributed by atoms with E-state index in [9.17, 15) is 14.4 Å². The number of esters is 3. The second-order valence-electron chi connectivity index (χ2n) is 5.93. The van der Waals surface area contributed by atoms with Crippen molar-refractivity contribution in [1.29, 1.82) is 0 Å². The van der Waals surface area contributed by atoms with Crippen molar-refractivity contribution in [1.82, 2.24) is 0 Å². The topological polar surface area (TPSA) is 97.4 Å². The van der Waals surface area contributed by atoms with Crippen molar-refractivity contribution < 1.29 is 38.1 Å². The molecule has 0 saturated carbocycles. The van der Waals surface area contributed by atoms with Crippen LogP contribution < -0.4 is 4.74 Å². The Morgan fingerprint density at radius 2 is 1.42 bits per heavy atom. The van der Waals surface area contributed by atoms with Crippen LogP contribution in [0.2, 0.25) is 0 Å². The lowest BCUT2D eigenvalue weighted by atomic mass is 10.0. The molecule has 142 valence electrons. The van der Waals surface area contributed by atoms with Gasteiger partial charge in [0.05, 0.1) is 6.61 Å². The predicted octanol–water partition coefficient (Wildman–Crippen LogP) is 1.53. The summed E-state index contributed by atoms with van der Waals surface area (Å²) in [6.45, 7) is 5.50. The molecule has 1 aliphatic heterocycles. The molecular weight excluding hydrogens is 344 g/mol. The van der Waals surface area contributed by atoms with Gasteiger partial charge in [0, 0.05) is 20.8 Å². The molecule has 0 N–H and O–H groups in total. The van der Waals surface area contributed by atoms with Crippen LogP contribution in [0.25, 0.3) is 0 Å². The molecule has 1 fully saturated rings. The lowest BCUT2D eigenvalue weighted by Crippen LogP contribution is -2.59. The Bertz CT molecular complexity index is 654. The summed E-state index contributed by atoms with van der Waals surface area (Å²) in [6.07, 6.45) is -4.10. The molecule has 0 aromatic heterocycles. The van der Waals surface area contributed by atoms with Gasteiger partial charge in [-0.2, -0.15) is 0 Å². The Morgan fingerprint density at radius 3 is 1.96 bits per heavy atom. The summed E-state index contributed by atoms with van der Waals surface area (Å²) in [4.78, 5) is 34.3. The molecule has 4 atom stereocenters. The lowest BCUT2D eigenvalue weighted by Gasteiger charge is -2.40. The number of benzene rings is 1. The van der Waals surface area contributed by atoms with E-state index in [-0.39, 0.29) is 6.61 Å². The summed E-state index contributed by atoms with van der Waals surface area (Å²) in [6, 6.07) is 7.18. The maximum Gasteiger partial charge on any atom is 0.303 e. The molecule has 0 bridgehead atoms. The van der Waals surface area contributed by atoms with Crippen molar-refractivity contribution in [2.45, 2.75) is 52.3 Å². The van der Waals surface area contributed by atoms with Gasteiger partial charge >= 0.3 is 17.9 Å². The van der Waals surface area contributed by atoms with Crippen LogP contribution in [-0.4, -0.2) is 49.1 Å². The van der Waals surface area contributed by atoms with Crippen LogP contribution in [0, 0.1) is 6.92 Å². The molecular formula is C18H22O8. The van der Waals surface area contributed by atoms with Gasteiger partial charge in [0.2, 0.25) is 12.4 Å². The molecule has 0 spiro atoms. The SMILES string of the molecule is CC(=O)OC1COC(Oc2ccc(C)cc2)C(OC(C)=O)C1OC(C)=O. The second kappa shape index (κ2) is 8.66. The molecule has 0 aliphatic carbocycles. The second-order valence-corrected chi connectivity index (χ2v) is 5.93. The molecule has 1 aromatic carbocycles. The fraction of sp³-hybridized carbons (Fsp3) is 0.500. The third-order valence-electron chi connectivity index (χ3n) is 3.58. The first-order valence-electron chi connectivity index (χ1n) is 8.13. The van der Waals surface area contributed by atoms with Gasteiger partial charge in [-0.05, 0) is 19.1 Å². The van der Waals surface area contributed by atoms with Gasteiger partial charge in [-0.1, -0.05) is 17.7 Å². The molecule has 2 rings (SSSR count). The minimum atomic E-state index is -1.10. The third-order valence-corrected chi connectivity index (χ3v) is 3.58. The van der Waals surface area contributed by atoms with E-state index in [2.05, 4.69) is 0 Å². The summed E-state index contributed by atoms with van der Waals surface area (Å²) in [7, 11) is 0. The van der Waals surface area contributed by atoms with Crippen molar-refractivity contribution >= 4 is 17.9 Å². The Kier molecular flexibility index (Phi) is 6.57. The van der Waals surface area contributed by atoms with Crippen LogP contribution in [0.1, 0.15) is 26.3 Å². The maximum absolute atomic E-state index is 11.5. The highest BCUT2D eigenvalue weighted by Gasteiger charge is 2.48. The van der Waals surface area contributed by atoms with Crippen LogP contribution in [0.4, 0.5) is 0 Å². The Morgan fingerprint density at radius 1 is 0.885 bits per heavy atom. The Balaban J connectivity index is 2.25. The van der Waals surface area contributed by atoms with Crippen LogP contribution in [0.5, 0.6) is 5.75 Å². The molecule has 0 amide bonds. The van der Waals surface area contributed by atoms with Crippen LogP contribution >= 0.6 is 0 Å². The normalized spacial score (nSPS) is 25.1. The molecule has 1 saturated heterocycles. The molecule has 8 heteroatoms. The van der Waals surface area contributed by atoms with Crippen molar-refractivity contribution in [3.8, 4) is 5.75 Å². The monoisotopic (exact) mass is 366 g/mol. The van der Waals surface area contributed by atoms with Gasteiger partial charge in [0.1, 0.15) is 5.75 Å². The summed E-state index contributed by atoms with van der Waals surface area (Å²) in [5.41, 5.74) is 1.05. The molecule has 1 aliphatic rings. The largest absolute Gasteiger partial charge is 0.461 e. The number of ether oxygens (including phenoxy) is 5. The van der Waals surface area contributed by atoms with Crippen molar-refractivity contribution in [3.05, 3.63) is 29.8 Å². The first-order chi connectivity index (χ1) is 12.3. The van der Waals surface area contributed by atoms with E-state index in [1.165, 1.54) is 20.8 Å². The molecule has 8 nitrogen and oxygen atoms in total. The van der Waals surface area contributed by atoms with E-state index < -0.39 is 42.5 Å². The lowest BCUT2D eigenvalue weighted by molar-refractivity contribution is -0.259. The maximum atomic E-state index is 11.5. The Labute approximate surface area is 151 Å². The van der Waals surface area contributed by atoms with Gasteiger partial charge in [-0.25, -0.2) is 0 Å². The molecule has 1 heterocycles. The number of rotatable bonds is 5. The zero-order valence-corrected chi connectivity index (χ0v) is 15.1. The third kappa shape index (κ3) is 5.45. The number of aryl methyl sites for hydroxylation is 1. The first-order valence-corrected chi connectivity index (χ1v) is 8.13. The van der Waals surface area contributed by atoms with Crippen LogP contribution in [-0.2, 0) is 33.3 Å². The summed E-state index contributed by atoms with van der Waals surface area (Å²) >= 11 is 0. The van der Waals surface area contributed by atoms with E-state index in [1.807, 2.05) is 19.1 Å². The number of hydrogen-bond acceptors (Lipinski definition) is 8. The highest BCUT2D eigenvalue weighted by atomic mass is 16.7. The van der Waals surface area contributed by atoms with Crippen molar-refractivity contribution in [2.75, 3.05) is 6.61 Å². The summed E-state index contributed by atoms with van der Waals surface area (Å²) < 4.78 is 27.0. The van der Waals surface area contributed by atoms with E-state index >= 15 is 0 Å². The number of carbonyl (C=O) groups is 3. The standard InChI is InChI=1S/C18H22O8/c1-10-5-7-14(8-6-10)26-18-17(25-13(4)21)16(24-12(3)20)15(9-22-18)23-11(2)19/h5-8,15-18H,9H2,1-4H3. The summed E-state index contributed by atoms with van der Waals surface area (Å²) in [5, 5.41) is 0. The predicted molar refractivity (Wildman–Crippen MR) is 88.2 cm³/mol. The average Bonchev–Trinajstić information content (AvgIpc) is 2.53. The molecule has 0 radical (unpaired) electrons. The molecule has 4 unspecified atom stereocenters. The first kappa shape index (κ1) is 19.7. The van der Waals surface area contributed by atoms with Gasteiger partial charge in [-0.15, -0.1) is 0 Å². The number of hydrogen-bond donors (Lipinski definition) is 0.